The van der Waals surface area contributed by atoms with Crippen molar-refractivity contribution in [1.82, 2.24) is 0 Å². The minimum Gasteiger partial charge on any atom is -0.381 e. The first-order valence-corrected chi connectivity index (χ1v) is 6.70. The Labute approximate surface area is 108 Å². The van der Waals surface area contributed by atoms with Crippen LogP contribution < -0.4 is 0 Å². The summed E-state index contributed by atoms with van der Waals surface area (Å²) in [6, 6.07) is 5.02. The minimum absolute atomic E-state index is 0.248. The molecule has 1 nitrogen and oxygen atoms in total. The molecule has 2 heteroatoms. The smallest absolute Gasteiger partial charge is 0.126 e. The predicted molar refractivity (Wildman–Crippen MR) is 71.9 cm³/mol. The number of hydrogen-bond donors (Lipinski definition) is 1. The van der Waals surface area contributed by atoms with E-state index >= 15 is 0 Å². The molecule has 0 aromatic heterocycles. The van der Waals surface area contributed by atoms with Gasteiger partial charge in [-0.25, -0.2) is 4.39 Å². The van der Waals surface area contributed by atoms with E-state index in [9.17, 15) is 9.50 Å². The first kappa shape index (κ1) is 13.3. The van der Waals surface area contributed by atoms with Crippen LogP contribution in [0.3, 0.4) is 0 Å². The molecule has 0 radical (unpaired) electrons. The Bertz CT molecular complexity index is 460. The number of halogens is 1. The maximum atomic E-state index is 13.6. The van der Waals surface area contributed by atoms with E-state index < -0.39 is 5.60 Å². The van der Waals surface area contributed by atoms with Crippen molar-refractivity contribution in [2.24, 2.45) is 0 Å². The molecule has 1 N–H and O–H groups in total. The van der Waals surface area contributed by atoms with Crippen LogP contribution in [0.1, 0.15) is 50.2 Å². The zero-order valence-electron chi connectivity index (χ0n) is 11.2. The van der Waals surface area contributed by atoms with Gasteiger partial charge in [0.25, 0.3) is 0 Å². The van der Waals surface area contributed by atoms with Gasteiger partial charge in [-0.15, -0.1) is 0 Å². The van der Waals surface area contributed by atoms with Gasteiger partial charge in [-0.3, -0.25) is 0 Å². The number of rotatable bonds is 2. The molecule has 1 aliphatic rings. The second-order valence-electron chi connectivity index (χ2n) is 5.36. The zero-order valence-corrected chi connectivity index (χ0v) is 11.2. The van der Waals surface area contributed by atoms with Crippen molar-refractivity contribution in [3.8, 4) is 0 Å². The Morgan fingerprint density at radius 1 is 1.22 bits per heavy atom. The average molecular weight is 248 g/mol. The van der Waals surface area contributed by atoms with Crippen molar-refractivity contribution < 1.29 is 9.50 Å². The lowest BCUT2D eigenvalue weighted by Crippen LogP contribution is -2.24. The van der Waals surface area contributed by atoms with E-state index in [0.29, 0.717) is 11.1 Å². The fourth-order valence-corrected chi connectivity index (χ4v) is 2.54. The van der Waals surface area contributed by atoms with Crippen LogP contribution >= 0.6 is 0 Å². The lowest BCUT2D eigenvalue weighted by molar-refractivity contribution is 0.0928. The van der Waals surface area contributed by atoms with Crippen molar-refractivity contribution in [3.05, 3.63) is 46.8 Å². The van der Waals surface area contributed by atoms with Gasteiger partial charge in [-0.2, -0.15) is 0 Å². The van der Waals surface area contributed by atoms with E-state index in [0.717, 1.165) is 24.8 Å². The van der Waals surface area contributed by atoms with Crippen LogP contribution in [0.5, 0.6) is 0 Å². The fourth-order valence-electron chi connectivity index (χ4n) is 2.54. The number of hydrogen-bond acceptors (Lipinski definition) is 1. The van der Waals surface area contributed by atoms with Crippen LogP contribution in [-0.2, 0) is 5.60 Å². The third-order valence-corrected chi connectivity index (χ3v) is 3.90. The van der Waals surface area contributed by atoms with E-state index in [-0.39, 0.29) is 5.82 Å². The summed E-state index contributed by atoms with van der Waals surface area (Å²) >= 11 is 0. The van der Waals surface area contributed by atoms with E-state index in [1.165, 1.54) is 18.9 Å². The van der Waals surface area contributed by atoms with Crippen molar-refractivity contribution in [3.63, 3.8) is 0 Å². The van der Waals surface area contributed by atoms with Crippen LogP contribution in [0, 0.1) is 12.7 Å². The van der Waals surface area contributed by atoms with E-state index in [2.05, 4.69) is 6.08 Å². The molecule has 0 saturated heterocycles. The van der Waals surface area contributed by atoms with Crippen molar-refractivity contribution in [2.45, 2.75) is 51.6 Å². The molecular formula is C16H21FO. The van der Waals surface area contributed by atoms with Gasteiger partial charge in [0.1, 0.15) is 11.4 Å². The molecule has 1 aliphatic carbocycles. The standard InChI is InChI=1S/C16H21FO/c1-12-9-10-14(11-15(12)17)16(2,18)13-7-5-3-4-6-8-13/h7,9-11,18H,3-6,8H2,1-2H3. The maximum absolute atomic E-state index is 13.6. The lowest BCUT2D eigenvalue weighted by atomic mass is 9.85. The number of benzene rings is 1. The summed E-state index contributed by atoms with van der Waals surface area (Å²) < 4.78 is 13.6. The Hall–Kier alpha value is -1.15. The molecule has 1 atom stereocenters. The average Bonchev–Trinajstić information content (AvgIpc) is 2.61. The summed E-state index contributed by atoms with van der Waals surface area (Å²) in [5.74, 6) is -0.248. The molecule has 0 saturated carbocycles. The zero-order chi connectivity index (χ0) is 13.2. The summed E-state index contributed by atoms with van der Waals surface area (Å²) in [4.78, 5) is 0. The summed E-state index contributed by atoms with van der Waals surface area (Å²) in [6.45, 7) is 3.51. The van der Waals surface area contributed by atoms with Gasteiger partial charge >= 0.3 is 0 Å². The molecule has 2 rings (SSSR count). The molecule has 0 heterocycles. The summed E-state index contributed by atoms with van der Waals surface area (Å²) in [6.07, 6.45) is 7.55. The molecule has 18 heavy (non-hydrogen) atoms. The van der Waals surface area contributed by atoms with Crippen LogP contribution in [0.15, 0.2) is 29.8 Å². The topological polar surface area (TPSA) is 20.2 Å². The minimum atomic E-state index is -1.04. The first-order chi connectivity index (χ1) is 8.51. The van der Waals surface area contributed by atoms with Crippen molar-refractivity contribution >= 4 is 0 Å². The van der Waals surface area contributed by atoms with Crippen LogP contribution in [0.2, 0.25) is 0 Å². The SMILES string of the molecule is Cc1ccc(C(C)(O)C2=CCCCCC2)cc1F. The molecule has 1 aromatic carbocycles. The Morgan fingerprint density at radius 2 is 2.00 bits per heavy atom. The Morgan fingerprint density at radius 3 is 2.72 bits per heavy atom. The van der Waals surface area contributed by atoms with Gasteiger partial charge in [0.2, 0.25) is 0 Å². The molecule has 1 aromatic rings. The number of aliphatic hydroxyl groups is 1. The quantitative estimate of drug-likeness (QED) is 0.776. The van der Waals surface area contributed by atoms with Crippen molar-refractivity contribution in [1.29, 1.82) is 0 Å². The third kappa shape index (κ3) is 2.64. The van der Waals surface area contributed by atoms with Gasteiger partial charge in [0.05, 0.1) is 0 Å². The van der Waals surface area contributed by atoms with E-state index in [4.69, 9.17) is 0 Å². The maximum Gasteiger partial charge on any atom is 0.126 e. The molecular weight excluding hydrogens is 227 g/mol. The molecule has 0 spiro atoms. The molecule has 0 aliphatic heterocycles. The second-order valence-corrected chi connectivity index (χ2v) is 5.36. The largest absolute Gasteiger partial charge is 0.381 e. The van der Waals surface area contributed by atoms with Crippen molar-refractivity contribution in [2.75, 3.05) is 0 Å². The normalized spacial score (nSPS) is 19.9. The summed E-state index contributed by atoms with van der Waals surface area (Å²) in [7, 11) is 0. The highest BCUT2D eigenvalue weighted by atomic mass is 19.1. The Kier molecular flexibility index (Phi) is 3.86. The van der Waals surface area contributed by atoms with Crippen LogP contribution in [0.25, 0.3) is 0 Å². The number of aryl methyl sites for hydroxylation is 1. The molecule has 1 unspecified atom stereocenters. The Balaban J connectivity index is 2.33. The summed E-state index contributed by atoms with van der Waals surface area (Å²) in [5, 5.41) is 10.7. The highest BCUT2D eigenvalue weighted by Gasteiger charge is 2.28. The molecule has 0 fully saturated rings. The first-order valence-electron chi connectivity index (χ1n) is 6.70. The highest BCUT2D eigenvalue weighted by Crippen LogP contribution is 2.35. The lowest BCUT2D eigenvalue weighted by Gasteiger charge is -2.27. The molecule has 0 bridgehead atoms. The van der Waals surface area contributed by atoms with Gasteiger partial charge < -0.3 is 5.11 Å². The van der Waals surface area contributed by atoms with Gasteiger partial charge in [0, 0.05) is 0 Å². The second kappa shape index (κ2) is 5.23. The monoisotopic (exact) mass is 248 g/mol. The van der Waals surface area contributed by atoms with Gasteiger partial charge in [-0.05, 0) is 62.3 Å². The number of allylic oxidation sites excluding steroid dienone is 1. The van der Waals surface area contributed by atoms with Gasteiger partial charge in [-0.1, -0.05) is 24.6 Å². The molecule has 98 valence electrons. The highest BCUT2D eigenvalue weighted by molar-refractivity contribution is 5.34. The summed E-state index contributed by atoms with van der Waals surface area (Å²) in [5.41, 5.74) is 1.25. The van der Waals surface area contributed by atoms with E-state index in [1.807, 2.05) is 6.07 Å². The third-order valence-electron chi connectivity index (χ3n) is 3.90. The van der Waals surface area contributed by atoms with Crippen LogP contribution in [-0.4, -0.2) is 5.11 Å². The van der Waals surface area contributed by atoms with Crippen LogP contribution in [0.4, 0.5) is 4.39 Å². The molecule has 0 amide bonds. The predicted octanol–water partition coefficient (Wildman–Crippen LogP) is 4.23. The fraction of sp³-hybridized carbons (Fsp3) is 0.500. The van der Waals surface area contributed by atoms with Gasteiger partial charge in [0.15, 0.2) is 0 Å². The van der Waals surface area contributed by atoms with E-state index in [1.54, 1.807) is 19.9 Å².